The van der Waals surface area contributed by atoms with Crippen molar-refractivity contribution in [3.05, 3.63) is 64.2 Å². The van der Waals surface area contributed by atoms with Gasteiger partial charge in [0.2, 0.25) is 11.7 Å². The molecule has 2 aromatic heterocycles. The van der Waals surface area contributed by atoms with Gasteiger partial charge in [0, 0.05) is 23.1 Å². The molecule has 2 heterocycles. The van der Waals surface area contributed by atoms with E-state index in [4.69, 9.17) is 9.26 Å². The van der Waals surface area contributed by atoms with Gasteiger partial charge in [0.25, 0.3) is 11.6 Å². The maximum absolute atomic E-state index is 10.8. The first-order valence-electron chi connectivity index (χ1n) is 8.68. The van der Waals surface area contributed by atoms with Crippen LogP contribution in [0.15, 0.2) is 53.1 Å². The number of nitro benzene ring substituents is 1. The Hall–Kier alpha value is -3.81. The molecule has 0 saturated heterocycles. The van der Waals surface area contributed by atoms with E-state index in [0.717, 1.165) is 16.5 Å². The summed E-state index contributed by atoms with van der Waals surface area (Å²) in [5.41, 5.74) is 3.14. The first-order chi connectivity index (χ1) is 13.5. The summed E-state index contributed by atoms with van der Waals surface area (Å²) < 4.78 is 11.0. The number of ether oxygens (including phenoxy) is 1. The van der Waals surface area contributed by atoms with Crippen LogP contribution in [-0.4, -0.2) is 26.7 Å². The molecular formula is C20H16N4O4. The minimum atomic E-state index is -0.458. The van der Waals surface area contributed by atoms with Crippen LogP contribution in [0.4, 0.5) is 5.69 Å². The second kappa shape index (κ2) is 7.07. The molecule has 0 spiro atoms. The second-order valence-corrected chi connectivity index (χ2v) is 6.20. The van der Waals surface area contributed by atoms with Crippen LogP contribution < -0.4 is 4.74 Å². The van der Waals surface area contributed by atoms with Crippen molar-refractivity contribution in [1.29, 1.82) is 0 Å². The third-order valence-electron chi connectivity index (χ3n) is 4.21. The molecule has 28 heavy (non-hydrogen) atoms. The summed E-state index contributed by atoms with van der Waals surface area (Å²) in [5.74, 6) is 1.03. The fourth-order valence-corrected chi connectivity index (χ4v) is 2.86. The molecule has 4 aromatic rings. The fourth-order valence-electron chi connectivity index (χ4n) is 2.86. The lowest BCUT2D eigenvalue weighted by molar-refractivity contribution is -0.384. The molecule has 0 aliphatic heterocycles. The van der Waals surface area contributed by atoms with Crippen molar-refractivity contribution in [2.24, 2.45) is 0 Å². The molecular weight excluding hydrogens is 360 g/mol. The van der Waals surface area contributed by atoms with Crippen LogP contribution in [0.1, 0.15) is 12.5 Å². The molecule has 0 N–H and O–H groups in total. The fraction of sp³-hybridized carbons (Fsp3) is 0.150. The van der Waals surface area contributed by atoms with E-state index in [1.54, 1.807) is 12.1 Å². The van der Waals surface area contributed by atoms with Gasteiger partial charge < -0.3 is 9.26 Å². The summed E-state index contributed by atoms with van der Waals surface area (Å²) in [5, 5.41) is 15.8. The van der Waals surface area contributed by atoms with Crippen molar-refractivity contribution in [3.8, 4) is 28.7 Å². The van der Waals surface area contributed by atoms with Crippen LogP contribution in [0, 0.1) is 17.0 Å². The molecule has 0 atom stereocenters. The van der Waals surface area contributed by atoms with E-state index in [1.807, 2.05) is 38.1 Å². The SMILES string of the molecule is CCOc1nc2ccc(C)cc2cc1-c1noc(-c2ccc([N+](=O)[O-])cc2)n1. The topological polar surface area (TPSA) is 104 Å². The van der Waals surface area contributed by atoms with E-state index in [1.165, 1.54) is 12.1 Å². The zero-order valence-corrected chi connectivity index (χ0v) is 15.2. The average Bonchev–Trinajstić information content (AvgIpc) is 3.18. The Balaban J connectivity index is 1.77. The second-order valence-electron chi connectivity index (χ2n) is 6.20. The van der Waals surface area contributed by atoms with E-state index in [9.17, 15) is 10.1 Å². The van der Waals surface area contributed by atoms with Crippen LogP contribution in [0.5, 0.6) is 5.88 Å². The Labute approximate surface area is 159 Å². The smallest absolute Gasteiger partial charge is 0.269 e. The molecule has 0 radical (unpaired) electrons. The van der Waals surface area contributed by atoms with Gasteiger partial charge in [0.15, 0.2) is 0 Å². The Bertz CT molecular complexity index is 1170. The Morgan fingerprint density at radius 2 is 1.89 bits per heavy atom. The van der Waals surface area contributed by atoms with Gasteiger partial charge >= 0.3 is 0 Å². The van der Waals surface area contributed by atoms with Gasteiger partial charge in [-0.2, -0.15) is 4.98 Å². The number of fused-ring (bicyclic) bond motifs is 1. The minimum Gasteiger partial charge on any atom is -0.477 e. The Kier molecular flexibility index (Phi) is 4.44. The lowest BCUT2D eigenvalue weighted by Crippen LogP contribution is -1.98. The summed E-state index contributed by atoms with van der Waals surface area (Å²) in [6.07, 6.45) is 0. The van der Waals surface area contributed by atoms with Crippen LogP contribution in [0.3, 0.4) is 0 Å². The molecule has 0 bridgehead atoms. The van der Waals surface area contributed by atoms with Crippen LogP contribution in [0.2, 0.25) is 0 Å². The predicted octanol–water partition coefficient (Wildman–Crippen LogP) is 4.57. The maximum Gasteiger partial charge on any atom is 0.269 e. The van der Waals surface area contributed by atoms with Gasteiger partial charge in [0.05, 0.1) is 22.6 Å². The highest BCUT2D eigenvalue weighted by atomic mass is 16.6. The lowest BCUT2D eigenvalue weighted by Gasteiger charge is -2.08. The zero-order chi connectivity index (χ0) is 19.7. The molecule has 0 fully saturated rings. The van der Waals surface area contributed by atoms with Gasteiger partial charge in [0.1, 0.15) is 0 Å². The average molecular weight is 376 g/mol. The van der Waals surface area contributed by atoms with Gasteiger partial charge in [-0.3, -0.25) is 10.1 Å². The molecule has 0 aliphatic carbocycles. The molecule has 2 aromatic carbocycles. The largest absolute Gasteiger partial charge is 0.477 e. The first-order valence-corrected chi connectivity index (χ1v) is 8.68. The molecule has 0 saturated carbocycles. The molecule has 4 rings (SSSR count). The van der Waals surface area contributed by atoms with Crippen molar-refractivity contribution in [3.63, 3.8) is 0 Å². The maximum atomic E-state index is 10.8. The van der Waals surface area contributed by atoms with E-state index in [2.05, 4.69) is 15.1 Å². The summed E-state index contributed by atoms with van der Waals surface area (Å²) in [7, 11) is 0. The number of pyridine rings is 1. The van der Waals surface area contributed by atoms with Crippen LogP contribution >= 0.6 is 0 Å². The first kappa shape index (κ1) is 17.6. The molecule has 140 valence electrons. The summed E-state index contributed by atoms with van der Waals surface area (Å²) >= 11 is 0. The molecule has 0 aliphatic rings. The highest BCUT2D eigenvalue weighted by Gasteiger charge is 2.18. The number of rotatable bonds is 5. The number of non-ortho nitro benzene ring substituents is 1. The Morgan fingerprint density at radius 3 is 2.61 bits per heavy atom. The number of nitro groups is 1. The minimum absolute atomic E-state index is 0.00350. The summed E-state index contributed by atoms with van der Waals surface area (Å²) in [6, 6.07) is 13.8. The standard InChI is InChI=1S/C20H16N4O4/c1-3-27-20-16(11-14-10-12(2)4-9-17(14)21-20)18-22-19(28-23-18)13-5-7-15(8-6-13)24(25)26/h4-11H,3H2,1-2H3. The van der Waals surface area contributed by atoms with Crippen molar-refractivity contribution >= 4 is 16.6 Å². The number of aryl methyl sites for hydroxylation is 1. The van der Waals surface area contributed by atoms with Crippen molar-refractivity contribution in [1.82, 2.24) is 15.1 Å². The van der Waals surface area contributed by atoms with E-state index >= 15 is 0 Å². The molecule has 0 unspecified atom stereocenters. The number of hydrogen-bond donors (Lipinski definition) is 0. The van der Waals surface area contributed by atoms with E-state index < -0.39 is 4.92 Å². The van der Waals surface area contributed by atoms with Gasteiger partial charge in [-0.15, -0.1) is 0 Å². The predicted molar refractivity (Wildman–Crippen MR) is 103 cm³/mol. The third-order valence-corrected chi connectivity index (χ3v) is 4.21. The van der Waals surface area contributed by atoms with Crippen LogP contribution in [-0.2, 0) is 0 Å². The van der Waals surface area contributed by atoms with Crippen molar-refractivity contribution < 1.29 is 14.2 Å². The molecule has 0 amide bonds. The normalized spacial score (nSPS) is 10.9. The third kappa shape index (κ3) is 3.27. The molecule has 8 heteroatoms. The van der Waals surface area contributed by atoms with Crippen LogP contribution in [0.25, 0.3) is 33.7 Å². The lowest BCUT2D eigenvalue weighted by atomic mass is 10.1. The highest BCUT2D eigenvalue weighted by molar-refractivity contribution is 5.85. The summed E-state index contributed by atoms with van der Waals surface area (Å²) in [6.45, 7) is 4.34. The monoisotopic (exact) mass is 376 g/mol. The van der Waals surface area contributed by atoms with E-state index in [-0.39, 0.29) is 11.6 Å². The quantitative estimate of drug-likeness (QED) is 0.371. The highest BCUT2D eigenvalue weighted by Crippen LogP contribution is 2.32. The van der Waals surface area contributed by atoms with Gasteiger partial charge in [-0.1, -0.05) is 16.8 Å². The van der Waals surface area contributed by atoms with Crippen molar-refractivity contribution in [2.75, 3.05) is 6.61 Å². The number of nitrogens with zero attached hydrogens (tertiary/aromatic N) is 4. The summed E-state index contributed by atoms with van der Waals surface area (Å²) in [4.78, 5) is 19.3. The van der Waals surface area contributed by atoms with Gasteiger partial charge in [-0.05, 0) is 44.2 Å². The zero-order valence-electron chi connectivity index (χ0n) is 15.2. The number of aromatic nitrogens is 3. The number of hydrogen-bond acceptors (Lipinski definition) is 7. The Morgan fingerprint density at radius 1 is 1.11 bits per heavy atom. The molecule has 8 nitrogen and oxygen atoms in total. The van der Waals surface area contributed by atoms with Gasteiger partial charge in [-0.25, -0.2) is 4.98 Å². The van der Waals surface area contributed by atoms with Crippen molar-refractivity contribution in [2.45, 2.75) is 13.8 Å². The number of benzene rings is 2. The van der Waals surface area contributed by atoms with E-state index in [0.29, 0.717) is 29.4 Å².